The van der Waals surface area contributed by atoms with Gasteiger partial charge in [0.05, 0.1) is 13.2 Å². The fraction of sp³-hybridized carbons (Fsp3) is 0.381. The molecule has 2 aromatic rings. The standard InChI is InChI=1S/C21H26N2O3/c1-25-18-11-9-17(10-12-18)20(23-13-5-6-14-23)15-22-21(24)16-26-19-7-3-2-4-8-19/h2-4,7-12,20H,5-6,13-16H2,1H3,(H,22,24). The predicted octanol–water partition coefficient (Wildman–Crippen LogP) is 3.03. The van der Waals surface area contributed by atoms with E-state index in [1.807, 2.05) is 42.5 Å². The average molecular weight is 354 g/mol. The van der Waals surface area contributed by atoms with E-state index in [2.05, 4.69) is 22.3 Å². The molecule has 0 aliphatic carbocycles. The summed E-state index contributed by atoms with van der Waals surface area (Å²) >= 11 is 0. The molecule has 26 heavy (non-hydrogen) atoms. The molecule has 5 heteroatoms. The molecule has 3 rings (SSSR count). The summed E-state index contributed by atoms with van der Waals surface area (Å²) in [6.07, 6.45) is 2.41. The van der Waals surface area contributed by atoms with E-state index in [-0.39, 0.29) is 18.6 Å². The monoisotopic (exact) mass is 354 g/mol. The van der Waals surface area contributed by atoms with Gasteiger partial charge in [0.15, 0.2) is 6.61 Å². The number of methoxy groups -OCH3 is 1. The molecule has 1 aliphatic rings. The highest BCUT2D eigenvalue weighted by molar-refractivity contribution is 5.77. The number of hydrogen-bond donors (Lipinski definition) is 1. The average Bonchev–Trinajstić information content (AvgIpc) is 3.22. The third-order valence-corrected chi connectivity index (χ3v) is 4.69. The van der Waals surface area contributed by atoms with Crippen LogP contribution in [-0.4, -0.2) is 44.2 Å². The first-order chi connectivity index (χ1) is 12.8. The molecule has 138 valence electrons. The summed E-state index contributed by atoms with van der Waals surface area (Å²) in [5.41, 5.74) is 1.19. The normalized spacial score (nSPS) is 15.4. The highest BCUT2D eigenvalue weighted by Crippen LogP contribution is 2.26. The van der Waals surface area contributed by atoms with Crippen molar-refractivity contribution in [2.75, 3.05) is 33.4 Å². The highest BCUT2D eigenvalue weighted by Gasteiger charge is 2.24. The van der Waals surface area contributed by atoms with Gasteiger partial charge in [0, 0.05) is 6.54 Å². The molecular formula is C21H26N2O3. The Bertz CT molecular complexity index is 682. The number of carbonyl (C=O) groups is 1. The van der Waals surface area contributed by atoms with Gasteiger partial charge < -0.3 is 14.8 Å². The molecular weight excluding hydrogens is 328 g/mol. The Hall–Kier alpha value is -2.53. The number of rotatable bonds is 8. The lowest BCUT2D eigenvalue weighted by Crippen LogP contribution is -2.38. The molecule has 5 nitrogen and oxygen atoms in total. The third-order valence-electron chi connectivity index (χ3n) is 4.69. The quantitative estimate of drug-likeness (QED) is 0.792. The van der Waals surface area contributed by atoms with Crippen LogP contribution in [-0.2, 0) is 4.79 Å². The van der Waals surface area contributed by atoms with Gasteiger partial charge in [-0.2, -0.15) is 0 Å². The molecule has 1 saturated heterocycles. The first kappa shape index (κ1) is 18.3. The molecule has 2 aromatic carbocycles. The molecule has 1 aliphatic heterocycles. The first-order valence-corrected chi connectivity index (χ1v) is 9.09. The number of hydrogen-bond acceptors (Lipinski definition) is 4. The van der Waals surface area contributed by atoms with E-state index in [9.17, 15) is 4.79 Å². The Labute approximate surface area is 154 Å². The summed E-state index contributed by atoms with van der Waals surface area (Å²) in [6, 6.07) is 17.7. The van der Waals surface area contributed by atoms with E-state index < -0.39 is 0 Å². The molecule has 1 N–H and O–H groups in total. The Balaban J connectivity index is 1.57. The largest absolute Gasteiger partial charge is 0.497 e. The summed E-state index contributed by atoms with van der Waals surface area (Å²) in [5, 5.41) is 3.02. The van der Waals surface area contributed by atoms with Gasteiger partial charge in [-0.05, 0) is 55.8 Å². The summed E-state index contributed by atoms with van der Waals surface area (Å²) < 4.78 is 10.8. The van der Waals surface area contributed by atoms with Gasteiger partial charge in [0.1, 0.15) is 11.5 Å². The van der Waals surface area contributed by atoms with Gasteiger partial charge in [0.25, 0.3) is 5.91 Å². The van der Waals surface area contributed by atoms with Crippen LogP contribution in [0.15, 0.2) is 54.6 Å². The van der Waals surface area contributed by atoms with E-state index in [4.69, 9.17) is 9.47 Å². The van der Waals surface area contributed by atoms with Crippen molar-refractivity contribution in [1.29, 1.82) is 0 Å². The van der Waals surface area contributed by atoms with Crippen molar-refractivity contribution in [3.05, 3.63) is 60.2 Å². The number of para-hydroxylation sites is 1. The van der Waals surface area contributed by atoms with Crippen LogP contribution >= 0.6 is 0 Å². The maximum atomic E-state index is 12.2. The minimum atomic E-state index is -0.105. The lowest BCUT2D eigenvalue weighted by Gasteiger charge is -2.28. The van der Waals surface area contributed by atoms with Gasteiger partial charge >= 0.3 is 0 Å². The van der Waals surface area contributed by atoms with Crippen molar-refractivity contribution in [2.45, 2.75) is 18.9 Å². The summed E-state index contributed by atoms with van der Waals surface area (Å²) in [5.74, 6) is 1.44. The van der Waals surface area contributed by atoms with E-state index in [0.29, 0.717) is 12.3 Å². The number of carbonyl (C=O) groups excluding carboxylic acids is 1. The number of amides is 1. The zero-order chi connectivity index (χ0) is 18.2. The van der Waals surface area contributed by atoms with Crippen molar-refractivity contribution in [2.24, 2.45) is 0 Å². The fourth-order valence-electron chi connectivity index (χ4n) is 3.26. The van der Waals surface area contributed by atoms with E-state index in [1.54, 1.807) is 7.11 Å². The first-order valence-electron chi connectivity index (χ1n) is 9.09. The Morgan fingerprint density at radius 3 is 2.38 bits per heavy atom. The minimum absolute atomic E-state index is 0.0271. The minimum Gasteiger partial charge on any atom is -0.497 e. The van der Waals surface area contributed by atoms with Crippen LogP contribution in [0.25, 0.3) is 0 Å². The maximum absolute atomic E-state index is 12.2. The van der Waals surface area contributed by atoms with Crippen molar-refractivity contribution in [1.82, 2.24) is 10.2 Å². The van der Waals surface area contributed by atoms with Crippen LogP contribution in [0.4, 0.5) is 0 Å². The van der Waals surface area contributed by atoms with Gasteiger partial charge in [-0.15, -0.1) is 0 Å². The molecule has 0 aromatic heterocycles. The van der Waals surface area contributed by atoms with Crippen LogP contribution in [0, 0.1) is 0 Å². The highest BCUT2D eigenvalue weighted by atomic mass is 16.5. The van der Waals surface area contributed by atoms with Gasteiger partial charge in [0.2, 0.25) is 0 Å². The smallest absolute Gasteiger partial charge is 0.258 e. The summed E-state index contributed by atoms with van der Waals surface area (Å²) in [7, 11) is 1.67. The number of nitrogens with zero attached hydrogens (tertiary/aromatic N) is 1. The third kappa shape index (κ3) is 4.99. The Morgan fingerprint density at radius 2 is 1.73 bits per heavy atom. The number of benzene rings is 2. The van der Waals surface area contributed by atoms with Crippen molar-refractivity contribution in [3.63, 3.8) is 0 Å². The molecule has 1 heterocycles. The number of likely N-dealkylation sites (tertiary alicyclic amines) is 1. The van der Waals surface area contributed by atoms with E-state index >= 15 is 0 Å². The Morgan fingerprint density at radius 1 is 1.04 bits per heavy atom. The lowest BCUT2D eigenvalue weighted by atomic mass is 10.1. The molecule has 0 bridgehead atoms. The van der Waals surface area contributed by atoms with Gasteiger partial charge in [-0.25, -0.2) is 0 Å². The second kappa shape index (κ2) is 9.25. The zero-order valence-electron chi connectivity index (χ0n) is 15.2. The molecule has 0 saturated carbocycles. The molecule has 1 unspecified atom stereocenters. The van der Waals surface area contributed by atoms with Crippen molar-refractivity contribution >= 4 is 5.91 Å². The van der Waals surface area contributed by atoms with Gasteiger partial charge in [-0.3, -0.25) is 9.69 Å². The molecule has 0 spiro atoms. The topological polar surface area (TPSA) is 50.8 Å². The lowest BCUT2D eigenvalue weighted by molar-refractivity contribution is -0.123. The van der Waals surface area contributed by atoms with Gasteiger partial charge in [-0.1, -0.05) is 30.3 Å². The van der Waals surface area contributed by atoms with E-state index in [0.717, 1.165) is 18.8 Å². The van der Waals surface area contributed by atoms with Crippen molar-refractivity contribution in [3.8, 4) is 11.5 Å². The molecule has 0 radical (unpaired) electrons. The second-order valence-electron chi connectivity index (χ2n) is 6.44. The molecule has 1 amide bonds. The fourth-order valence-corrected chi connectivity index (χ4v) is 3.26. The van der Waals surface area contributed by atoms with Crippen LogP contribution in [0.2, 0.25) is 0 Å². The van der Waals surface area contributed by atoms with Crippen molar-refractivity contribution < 1.29 is 14.3 Å². The number of nitrogens with one attached hydrogen (secondary N) is 1. The second-order valence-corrected chi connectivity index (χ2v) is 6.44. The molecule has 1 atom stereocenters. The molecule has 1 fully saturated rings. The van der Waals surface area contributed by atoms with Crippen LogP contribution < -0.4 is 14.8 Å². The van der Waals surface area contributed by atoms with Crippen LogP contribution in [0.3, 0.4) is 0 Å². The number of ether oxygens (including phenoxy) is 2. The summed E-state index contributed by atoms with van der Waals surface area (Å²) in [6.45, 7) is 2.73. The van der Waals surface area contributed by atoms with Crippen LogP contribution in [0.1, 0.15) is 24.4 Å². The SMILES string of the molecule is COc1ccc(C(CNC(=O)COc2ccccc2)N2CCCC2)cc1. The van der Waals surface area contributed by atoms with E-state index in [1.165, 1.54) is 18.4 Å². The Kier molecular flexibility index (Phi) is 6.50. The van der Waals surface area contributed by atoms with Crippen LogP contribution in [0.5, 0.6) is 11.5 Å². The zero-order valence-corrected chi connectivity index (χ0v) is 15.2. The predicted molar refractivity (Wildman–Crippen MR) is 101 cm³/mol. The maximum Gasteiger partial charge on any atom is 0.258 e. The summed E-state index contributed by atoms with van der Waals surface area (Å²) in [4.78, 5) is 14.6.